The maximum absolute atomic E-state index is 11.6. The molecule has 1 aromatic rings. The van der Waals surface area contributed by atoms with Crippen LogP contribution in [-0.4, -0.2) is 22.9 Å². The van der Waals surface area contributed by atoms with Gasteiger partial charge in [0.15, 0.2) is 0 Å². The molecule has 0 aromatic heterocycles. The van der Waals surface area contributed by atoms with Crippen LogP contribution in [-0.2, 0) is 9.59 Å². The van der Waals surface area contributed by atoms with E-state index in [4.69, 9.17) is 10.8 Å². The number of benzene rings is 1. The van der Waals surface area contributed by atoms with Gasteiger partial charge in [0.25, 0.3) is 0 Å². The van der Waals surface area contributed by atoms with Gasteiger partial charge >= 0.3 is 5.97 Å². The van der Waals surface area contributed by atoms with E-state index < -0.39 is 11.9 Å². The summed E-state index contributed by atoms with van der Waals surface area (Å²) in [5.41, 5.74) is 5.99. The number of anilines is 1. The Morgan fingerprint density at radius 1 is 1.21 bits per heavy atom. The minimum Gasteiger partial charge on any atom is -0.481 e. The van der Waals surface area contributed by atoms with E-state index in [0.29, 0.717) is 11.3 Å². The third kappa shape index (κ3) is 5.20. The van der Waals surface area contributed by atoms with Crippen LogP contribution in [0.2, 0.25) is 0 Å². The van der Waals surface area contributed by atoms with E-state index in [1.807, 2.05) is 0 Å². The van der Waals surface area contributed by atoms with Crippen LogP contribution in [0.25, 0.3) is 0 Å². The molecule has 0 radical (unpaired) electrons. The molecule has 0 saturated carbocycles. The zero-order valence-corrected chi connectivity index (χ0v) is 10.6. The summed E-state index contributed by atoms with van der Waals surface area (Å²) >= 11 is 0. The highest BCUT2D eigenvalue weighted by molar-refractivity contribution is 5.94. The Labute approximate surface area is 110 Å². The van der Waals surface area contributed by atoms with Crippen molar-refractivity contribution in [2.24, 2.45) is 11.7 Å². The topological polar surface area (TPSA) is 109 Å². The normalized spacial score (nSPS) is 11.6. The number of carbonyl (C=O) groups is 3. The molecule has 0 fully saturated rings. The van der Waals surface area contributed by atoms with Crippen molar-refractivity contribution in [3.8, 4) is 0 Å². The second-order valence-corrected chi connectivity index (χ2v) is 4.40. The number of amides is 2. The fourth-order valence-electron chi connectivity index (χ4n) is 1.62. The molecule has 6 nitrogen and oxygen atoms in total. The molecular formula is C13H16N2O4. The van der Waals surface area contributed by atoms with Crippen molar-refractivity contribution < 1.29 is 19.5 Å². The van der Waals surface area contributed by atoms with Crippen LogP contribution in [0.15, 0.2) is 24.3 Å². The number of carboxylic acid groups (broad SMARTS) is 1. The SMILES string of the molecule is CC(CC(=O)O)CC(=O)Nc1ccc(C(N)=O)cc1. The van der Waals surface area contributed by atoms with Gasteiger partial charge in [-0.05, 0) is 30.2 Å². The maximum Gasteiger partial charge on any atom is 0.303 e. The lowest BCUT2D eigenvalue weighted by molar-refractivity contribution is -0.138. The van der Waals surface area contributed by atoms with Gasteiger partial charge in [-0.1, -0.05) is 6.92 Å². The lowest BCUT2D eigenvalue weighted by Gasteiger charge is -2.09. The molecule has 19 heavy (non-hydrogen) atoms. The monoisotopic (exact) mass is 264 g/mol. The predicted molar refractivity (Wildman–Crippen MR) is 69.6 cm³/mol. The van der Waals surface area contributed by atoms with Crippen molar-refractivity contribution in [1.29, 1.82) is 0 Å². The lowest BCUT2D eigenvalue weighted by atomic mass is 10.0. The van der Waals surface area contributed by atoms with Crippen LogP contribution in [0.3, 0.4) is 0 Å². The largest absolute Gasteiger partial charge is 0.481 e. The first-order valence-corrected chi connectivity index (χ1v) is 5.80. The van der Waals surface area contributed by atoms with Gasteiger partial charge in [-0.25, -0.2) is 0 Å². The number of rotatable bonds is 6. The number of hydrogen-bond donors (Lipinski definition) is 3. The van der Waals surface area contributed by atoms with Crippen LogP contribution < -0.4 is 11.1 Å². The summed E-state index contributed by atoms with van der Waals surface area (Å²) in [5, 5.41) is 11.2. The third-order valence-corrected chi connectivity index (χ3v) is 2.51. The Kier molecular flexibility index (Phi) is 5.05. The van der Waals surface area contributed by atoms with E-state index in [1.54, 1.807) is 19.1 Å². The molecule has 2 amide bonds. The number of carboxylic acids is 1. The van der Waals surface area contributed by atoms with Gasteiger partial charge in [0.2, 0.25) is 11.8 Å². The summed E-state index contributed by atoms with van der Waals surface area (Å²) in [5.74, 6) is -1.96. The fourth-order valence-corrected chi connectivity index (χ4v) is 1.62. The first kappa shape index (κ1) is 14.7. The third-order valence-electron chi connectivity index (χ3n) is 2.51. The second kappa shape index (κ2) is 6.53. The molecule has 0 heterocycles. The van der Waals surface area contributed by atoms with Crippen molar-refractivity contribution in [3.63, 3.8) is 0 Å². The van der Waals surface area contributed by atoms with Crippen LogP contribution in [0.1, 0.15) is 30.1 Å². The molecule has 0 bridgehead atoms. The highest BCUT2D eigenvalue weighted by Crippen LogP contribution is 2.12. The number of hydrogen-bond acceptors (Lipinski definition) is 3. The second-order valence-electron chi connectivity index (χ2n) is 4.40. The van der Waals surface area contributed by atoms with Gasteiger partial charge in [0.05, 0.1) is 0 Å². The molecule has 0 spiro atoms. The summed E-state index contributed by atoms with van der Waals surface area (Å²) in [6, 6.07) is 6.16. The van der Waals surface area contributed by atoms with Gasteiger partial charge in [-0.3, -0.25) is 14.4 Å². The number of primary amides is 1. The summed E-state index contributed by atoms with van der Waals surface area (Å²) in [6.45, 7) is 1.70. The summed E-state index contributed by atoms with van der Waals surface area (Å²) in [6.07, 6.45) is 0.0813. The van der Waals surface area contributed by atoms with Crippen molar-refractivity contribution in [2.75, 3.05) is 5.32 Å². The van der Waals surface area contributed by atoms with Crippen molar-refractivity contribution in [2.45, 2.75) is 19.8 Å². The molecule has 6 heteroatoms. The highest BCUT2D eigenvalue weighted by Gasteiger charge is 2.12. The zero-order chi connectivity index (χ0) is 14.4. The van der Waals surface area contributed by atoms with E-state index in [2.05, 4.69) is 5.32 Å². The first-order valence-electron chi connectivity index (χ1n) is 5.80. The van der Waals surface area contributed by atoms with E-state index >= 15 is 0 Å². The maximum atomic E-state index is 11.6. The molecule has 0 saturated heterocycles. The number of nitrogens with two attached hydrogens (primary N) is 1. The number of nitrogens with one attached hydrogen (secondary N) is 1. The molecule has 0 aliphatic carbocycles. The average molecular weight is 264 g/mol. The first-order chi connectivity index (χ1) is 8.88. The Morgan fingerprint density at radius 3 is 2.26 bits per heavy atom. The molecule has 4 N–H and O–H groups in total. The van der Waals surface area contributed by atoms with Crippen LogP contribution >= 0.6 is 0 Å². The van der Waals surface area contributed by atoms with Crippen LogP contribution in [0.5, 0.6) is 0 Å². The summed E-state index contributed by atoms with van der Waals surface area (Å²) in [7, 11) is 0. The highest BCUT2D eigenvalue weighted by atomic mass is 16.4. The van der Waals surface area contributed by atoms with Crippen molar-refractivity contribution in [3.05, 3.63) is 29.8 Å². The Morgan fingerprint density at radius 2 is 1.79 bits per heavy atom. The molecule has 1 atom stereocenters. The molecular weight excluding hydrogens is 248 g/mol. The summed E-state index contributed by atoms with van der Waals surface area (Å²) < 4.78 is 0. The molecule has 1 aromatic carbocycles. The zero-order valence-electron chi connectivity index (χ0n) is 10.6. The van der Waals surface area contributed by atoms with Gasteiger partial charge in [-0.2, -0.15) is 0 Å². The lowest BCUT2D eigenvalue weighted by Crippen LogP contribution is -2.17. The van der Waals surface area contributed by atoms with Crippen LogP contribution in [0, 0.1) is 5.92 Å². The minimum absolute atomic E-state index is 0.0476. The number of carbonyl (C=O) groups excluding carboxylic acids is 2. The smallest absolute Gasteiger partial charge is 0.303 e. The molecule has 102 valence electrons. The van der Waals surface area contributed by atoms with Gasteiger partial charge in [-0.15, -0.1) is 0 Å². The van der Waals surface area contributed by atoms with Crippen LogP contribution in [0.4, 0.5) is 5.69 Å². The van der Waals surface area contributed by atoms with Gasteiger partial charge in [0.1, 0.15) is 0 Å². The van der Waals surface area contributed by atoms with E-state index in [9.17, 15) is 14.4 Å². The molecule has 0 aliphatic heterocycles. The average Bonchev–Trinajstić information content (AvgIpc) is 2.27. The van der Waals surface area contributed by atoms with E-state index in [0.717, 1.165) is 0 Å². The molecule has 1 unspecified atom stereocenters. The Bertz CT molecular complexity index is 482. The predicted octanol–water partition coefficient (Wildman–Crippen LogP) is 1.22. The molecule has 1 rings (SSSR count). The van der Waals surface area contributed by atoms with E-state index in [1.165, 1.54) is 12.1 Å². The minimum atomic E-state index is -0.925. The van der Waals surface area contributed by atoms with E-state index in [-0.39, 0.29) is 24.7 Å². The Balaban J connectivity index is 2.52. The Hall–Kier alpha value is -2.37. The van der Waals surface area contributed by atoms with Gasteiger partial charge in [0, 0.05) is 24.1 Å². The molecule has 0 aliphatic rings. The standard InChI is InChI=1S/C13H16N2O4/c1-8(7-12(17)18)6-11(16)15-10-4-2-9(3-5-10)13(14)19/h2-5,8H,6-7H2,1H3,(H2,14,19)(H,15,16)(H,17,18). The van der Waals surface area contributed by atoms with Gasteiger partial charge < -0.3 is 16.2 Å². The summed E-state index contributed by atoms with van der Waals surface area (Å²) in [4.78, 5) is 33.0. The number of aliphatic carboxylic acids is 1. The van der Waals surface area contributed by atoms with Crippen molar-refractivity contribution >= 4 is 23.5 Å². The van der Waals surface area contributed by atoms with Crippen molar-refractivity contribution in [1.82, 2.24) is 0 Å². The quantitative estimate of drug-likeness (QED) is 0.717. The fraction of sp³-hybridized carbons (Fsp3) is 0.308.